The van der Waals surface area contributed by atoms with Crippen molar-refractivity contribution >= 4 is 17.8 Å². The highest BCUT2D eigenvalue weighted by Crippen LogP contribution is 2.35. The molecule has 2 fully saturated rings. The Morgan fingerprint density at radius 2 is 1.97 bits per heavy atom. The number of likely N-dealkylation sites (N-methyl/N-ethyl adjacent to an activating group) is 1. The maximum Gasteiger partial charge on any atom is 0.344 e. The van der Waals surface area contributed by atoms with Gasteiger partial charge < -0.3 is 14.8 Å². The van der Waals surface area contributed by atoms with Gasteiger partial charge in [-0.15, -0.1) is 0 Å². The fraction of sp³-hybridized carbons (Fsp3) is 0.571. The van der Waals surface area contributed by atoms with E-state index in [9.17, 15) is 14.4 Å². The average Bonchev–Trinajstić information content (AvgIpc) is 2.94. The van der Waals surface area contributed by atoms with Crippen molar-refractivity contribution in [3.8, 4) is 11.5 Å². The van der Waals surface area contributed by atoms with E-state index >= 15 is 0 Å². The number of urea groups is 1. The van der Waals surface area contributed by atoms with E-state index in [-0.39, 0.29) is 18.6 Å². The summed E-state index contributed by atoms with van der Waals surface area (Å²) in [5, 5.41) is 3.63. The highest BCUT2D eigenvalue weighted by Gasteiger charge is 2.52. The Labute approximate surface area is 175 Å². The second kappa shape index (κ2) is 8.14. The number of nitrogens with one attached hydrogen (secondary N) is 2. The third-order valence-electron chi connectivity index (χ3n) is 6.02. The summed E-state index contributed by atoms with van der Waals surface area (Å²) >= 11 is 0. The minimum absolute atomic E-state index is 0.0165. The molecule has 4 rings (SSSR count). The molecule has 162 valence electrons. The molecular formula is C21H28N4O5. The molecule has 3 aliphatic rings. The second-order valence-electron chi connectivity index (χ2n) is 8.56. The van der Waals surface area contributed by atoms with Crippen molar-refractivity contribution in [1.29, 1.82) is 0 Å². The molecule has 0 radical (unpaired) electrons. The first-order valence-electron chi connectivity index (χ1n) is 10.4. The largest absolute Gasteiger partial charge is 0.486 e. The van der Waals surface area contributed by atoms with Crippen LogP contribution >= 0.6 is 0 Å². The van der Waals surface area contributed by atoms with Gasteiger partial charge in [0.15, 0.2) is 11.5 Å². The van der Waals surface area contributed by atoms with Crippen LogP contribution in [-0.4, -0.2) is 66.1 Å². The highest BCUT2D eigenvalue weighted by atomic mass is 16.6. The lowest BCUT2D eigenvalue weighted by Gasteiger charge is -2.33. The summed E-state index contributed by atoms with van der Waals surface area (Å²) in [6, 6.07) is 6.88. The monoisotopic (exact) mass is 416 g/mol. The standard InChI is InChI=1S/C21H28N4O5/c1-14-7-9-21(10-8-14)19(27)25(20(28)22-21)23-18(26)12-24(2)11-15-13-29-16-5-3-4-6-17(16)30-15/h3-6,14-15H,7-13H2,1-2H3,(H,22,28)(H,23,26)/t14?,15-,21?/m0/s1. The van der Waals surface area contributed by atoms with Crippen LogP contribution in [0.15, 0.2) is 24.3 Å². The molecule has 2 N–H and O–H groups in total. The number of amides is 4. The van der Waals surface area contributed by atoms with Gasteiger partial charge in [-0.2, -0.15) is 5.01 Å². The quantitative estimate of drug-likeness (QED) is 0.702. The van der Waals surface area contributed by atoms with Crippen molar-refractivity contribution in [3.63, 3.8) is 0 Å². The smallest absolute Gasteiger partial charge is 0.344 e. The molecule has 0 aromatic heterocycles. The summed E-state index contributed by atoms with van der Waals surface area (Å²) in [5.74, 6) is 1.13. The van der Waals surface area contributed by atoms with E-state index < -0.39 is 17.5 Å². The van der Waals surface area contributed by atoms with Crippen LogP contribution in [0.5, 0.6) is 11.5 Å². The lowest BCUT2D eigenvalue weighted by atomic mass is 9.77. The number of para-hydroxylation sites is 2. The van der Waals surface area contributed by atoms with Crippen molar-refractivity contribution in [1.82, 2.24) is 20.7 Å². The van der Waals surface area contributed by atoms with E-state index in [1.54, 1.807) is 11.9 Å². The summed E-state index contributed by atoms with van der Waals surface area (Å²) in [7, 11) is 1.78. The van der Waals surface area contributed by atoms with Gasteiger partial charge in [-0.3, -0.25) is 19.9 Å². The lowest BCUT2D eigenvalue weighted by molar-refractivity contribution is -0.140. The maximum atomic E-state index is 12.8. The minimum atomic E-state index is -0.872. The van der Waals surface area contributed by atoms with Gasteiger partial charge in [0.2, 0.25) is 0 Å². The Hall–Kier alpha value is -2.81. The van der Waals surface area contributed by atoms with Gasteiger partial charge in [0.25, 0.3) is 11.8 Å². The summed E-state index contributed by atoms with van der Waals surface area (Å²) in [4.78, 5) is 39.4. The van der Waals surface area contributed by atoms with E-state index in [0.29, 0.717) is 43.4 Å². The summed E-state index contributed by atoms with van der Waals surface area (Å²) in [6.07, 6.45) is 2.74. The van der Waals surface area contributed by atoms with E-state index in [1.165, 1.54) is 0 Å². The number of nitrogens with zero attached hydrogens (tertiary/aromatic N) is 2. The number of carbonyl (C=O) groups is 3. The summed E-state index contributed by atoms with van der Waals surface area (Å²) in [6.45, 7) is 3.01. The van der Waals surface area contributed by atoms with E-state index in [0.717, 1.165) is 17.9 Å². The lowest BCUT2D eigenvalue weighted by Crippen LogP contribution is -2.53. The molecule has 1 aromatic carbocycles. The molecule has 4 amide bonds. The molecule has 30 heavy (non-hydrogen) atoms. The Kier molecular flexibility index (Phi) is 5.55. The molecule has 1 saturated heterocycles. The molecule has 9 heteroatoms. The van der Waals surface area contributed by atoms with Gasteiger partial charge in [-0.05, 0) is 50.8 Å². The number of imide groups is 1. The number of ether oxygens (including phenoxy) is 2. The van der Waals surface area contributed by atoms with Crippen molar-refractivity contribution in [2.75, 3.05) is 26.7 Å². The van der Waals surface area contributed by atoms with Crippen LogP contribution in [0.1, 0.15) is 32.6 Å². The Balaban J connectivity index is 1.28. The van der Waals surface area contributed by atoms with Gasteiger partial charge in [0.1, 0.15) is 18.2 Å². The number of hydrazine groups is 1. The van der Waals surface area contributed by atoms with E-state index in [2.05, 4.69) is 17.7 Å². The van der Waals surface area contributed by atoms with Crippen LogP contribution in [0.25, 0.3) is 0 Å². The van der Waals surface area contributed by atoms with Crippen LogP contribution < -0.4 is 20.2 Å². The fourth-order valence-corrected chi connectivity index (χ4v) is 4.29. The normalized spacial score (nSPS) is 28.0. The number of benzene rings is 1. The third-order valence-corrected chi connectivity index (χ3v) is 6.02. The van der Waals surface area contributed by atoms with Crippen molar-refractivity contribution in [2.45, 2.75) is 44.2 Å². The van der Waals surface area contributed by atoms with Crippen LogP contribution in [0.4, 0.5) is 4.79 Å². The molecule has 9 nitrogen and oxygen atoms in total. The predicted octanol–water partition coefficient (Wildman–Crippen LogP) is 1.29. The zero-order chi connectivity index (χ0) is 21.3. The first-order chi connectivity index (χ1) is 14.4. The Bertz CT molecular complexity index is 836. The summed E-state index contributed by atoms with van der Waals surface area (Å²) in [5.41, 5.74) is 1.59. The fourth-order valence-electron chi connectivity index (χ4n) is 4.29. The zero-order valence-corrected chi connectivity index (χ0v) is 17.3. The number of hydrogen-bond donors (Lipinski definition) is 2. The molecule has 1 saturated carbocycles. The average molecular weight is 416 g/mol. The van der Waals surface area contributed by atoms with Gasteiger partial charge in [0, 0.05) is 6.54 Å². The van der Waals surface area contributed by atoms with Gasteiger partial charge in [-0.25, -0.2) is 4.79 Å². The first-order valence-corrected chi connectivity index (χ1v) is 10.4. The van der Waals surface area contributed by atoms with Crippen LogP contribution in [-0.2, 0) is 9.59 Å². The number of rotatable bonds is 5. The topological polar surface area (TPSA) is 100 Å². The van der Waals surface area contributed by atoms with Crippen LogP contribution in [0.3, 0.4) is 0 Å². The van der Waals surface area contributed by atoms with Crippen LogP contribution in [0.2, 0.25) is 0 Å². The van der Waals surface area contributed by atoms with E-state index in [4.69, 9.17) is 9.47 Å². The zero-order valence-electron chi connectivity index (χ0n) is 17.3. The molecule has 1 spiro atoms. The molecule has 1 aliphatic carbocycles. The molecule has 0 unspecified atom stereocenters. The molecule has 2 aliphatic heterocycles. The number of fused-ring (bicyclic) bond motifs is 1. The van der Waals surface area contributed by atoms with Crippen molar-refractivity contribution < 1.29 is 23.9 Å². The van der Waals surface area contributed by atoms with Crippen molar-refractivity contribution in [3.05, 3.63) is 24.3 Å². The summed E-state index contributed by atoms with van der Waals surface area (Å²) < 4.78 is 11.6. The predicted molar refractivity (Wildman–Crippen MR) is 108 cm³/mol. The third kappa shape index (κ3) is 4.07. The van der Waals surface area contributed by atoms with Gasteiger partial charge >= 0.3 is 6.03 Å². The van der Waals surface area contributed by atoms with Gasteiger partial charge in [0.05, 0.1) is 6.54 Å². The number of carbonyl (C=O) groups excluding carboxylic acids is 3. The first kappa shape index (κ1) is 20.5. The van der Waals surface area contributed by atoms with Crippen LogP contribution in [0, 0.1) is 5.92 Å². The maximum absolute atomic E-state index is 12.8. The van der Waals surface area contributed by atoms with E-state index in [1.807, 2.05) is 24.3 Å². The molecular weight excluding hydrogens is 388 g/mol. The Morgan fingerprint density at radius 3 is 2.70 bits per heavy atom. The number of hydrogen-bond acceptors (Lipinski definition) is 6. The molecule has 2 heterocycles. The van der Waals surface area contributed by atoms with Gasteiger partial charge in [-0.1, -0.05) is 19.1 Å². The van der Waals surface area contributed by atoms with Crippen molar-refractivity contribution in [2.24, 2.45) is 5.92 Å². The SMILES string of the molecule is CC1CCC2(CC1)NC(=O)N(NC(=O)CN(C)C[C@H]1COc3ccccc3O1)C2=O. The Morgan fingerprint density at radius 1 is 1.27 bits per heavy atom. The molecule has 1 aromatic rings. The minimum Gasteiger partial charge on any atom is -0.486 e. The second-order valence-corrected chi connectivity index (χ2v) is 8.56. The molecule has 1 atom stereocenters. The highest BCUT2D eigenvalue weighted by molar-refractivity contribution is 6.08. The molecule has 0 bridgehead atoms.